The van der Waals surface area contributed by atoms with Gasteiger partial charge in [0.2, 0.25) is 0 Å². The van der Waals surface area contributed by atoms with Gasteiger partial charge in [-0.3, -0.25) is 0 Å². The molecule has 3 nitrogen and oxygen atoms in total. The van der Waals surface area contributed by atoms with E-state index in [-0.39, 0.29) is 0 Å². The van der Waals surface area contributed by atoms with Gasteiger partial charge < -0.3 is 0 Å². The van der Waals surface area contributed by atoms with Crippen LogP contribution in [0.2, 0.25) is 0 Å². The van der Waals surface area contributed by atoms with Crippen molar-refractivity contribution in [1.82, 2.24) is 15.0 Å². The van der Waals surface area contributed by atoms with Crippen LogP contribution in [0.25, 0.3) is 89.4 Å². The molecule has 1 aliphatic rings. The van der Waals surface area contributed by atoms with E-state index in [9.17, 15) is 0 Å². The number of rotatable bonds is 8. The lowest BCUT2D eigenvalue weighted by atomic mass is 9.67. The van der Waals surface area contributed by atoms with Gasteiger partial charge in [0.05, 0.1) is 28.0 Å². The van der Waals surface area contributed by atoms with E-state index >= 15 is 0 Å². The Balaban J connectivity index is 1.13. The number of hydrogen-bond acceptors (Lipinski definition) is 3. The fourth-order valence-electron chi connectivity index (χ4n) is 10.0. The Bertz CT molecular complexity index is 3420. The molecule has 0 spiro atoms. The molecule has 11 aromatic rings. The predicted octanol–water partition coefficient (Wildman–Crippen LogP) is 15.4. The summed E-state index contributed by atoms with van der Waals surface area (Å²) in [5, 5.41) is 1.08. The van der Waals surface area contributed by atoms with Gasteiger partial charge >= 0.3 is 0 Å². The second kappa shape index (κ2) is 16.0. The molecule has 3 heteroatoms. The minimum atomic E-state index is -0.556. The summed E-state index contributed by atoms with van der Waals surface area (Å²) in [4.78, 5) is 16.1. The summed E-state index contributed by atoms with van der Waals surface area (Å²) < 4.78 is 0. The largest absolute Gasteiger partial charge is 0.248 e. The topological polar surface area (TPSA) is 38.7 Å². The van der Waals surface area contributed by atoms with Crippen LogP contribution in [0.1, 0.15) is 22.3 Å². The third-order valence-corrected chi connectivity index (χ3v) is 13.0. The molecule has 304 valence electrons. The molecule has 12 rings (SSSR count). The summed E-state index contributed by atoms with van der Waals surface area (Å²) in [5.41, 5.74) is 19.0. The fraction of sp³-hybridized carbons (Fsp3) is 0.0161. The highest BCUT2D eigenvalue weighted by atomic mass is 14.9. The number of hydrogen-bond donors (Lipinski definition) is 0. The number of nitrogens with zero attached hydrogens (tertiary/aromatic N) is 3. The highest BCUT2D eigenvalue weighted by Gasteiger charge is 2.46. The molecule has 1 aliphatic carbocycles. The Morgan fingerprint density at radius 3 is 1.37 bits per heavy atom. The summed E-state index contributed by atoms with van der Waals surface area (Å²) in [5.74, 6) is 0.672. The molecule has 0 N–H and O–H groups in total. The van der Waals surface area contributed by atoms with Gasteiger partial charge in [0.15, 0.2) is 5.82 Å². The molecule has 0 saturated heterocycles. The highest BCUT2D eigenvalue weighted by molar-refractivity contribution is 6.03. The molecule has 0 radical (unpaired) electrons. The SMILES string of the molecule is c1ccc(-c2cc(-c3ccccc3)nc(-c3cccc(-c4cc(-c5ccccc5-c5ccccc5)nc5cc6c(cc45)-c4ccccc4C6(c4ccccc4)c4ccccc4)c3)n2)cc1. The monoisotopic (exact) mass is 827 g/mol. The molecule has 0 atom stereocenters. The first kappa shape index (κ1) is 38.2. The fourth-order valence-corrected chi connectivity index (χ4v) is 10.0. The third-order valence-electron chi connectivity index (χ3n) is 13.0. The Kier molecular flexibility index (Phi) is 9.39. The van der Waals surface area contributed by atoms with Gasteiger partial charge in [0.1, 0.15) is 0 Å². The van der Waals surface area contributed by atoms with E-state index in [1.165, 1.54) is 33.4 Å². The maximum Gasteiger partial charge on any atom is 0.160 e. The molecular formula is C62H41N3. The van der Waals surface area contributed by atoms with Crippen molar-refractivity contribution in [1.29, 1.82) is 0 Å². The van der Waals surface area contributed by atoms with Gasteiger partial charge in [-0.05, 0) is 86.0 Å². The van der Waals surface area contributed by atoms with Crippen molar-refractivity contribution < 1.29 is 0 Å². The standard InChI is InChI=1S/C62H41N3/c1-6-21-42(22-7-1)49-33-16-17-35-51(49)59-39-52(45-27-20-28-46(37-45)61-64-57(43-23-8-2-9-24-43)41-58(65-61)44-25-10-3-11-26-44)54-38-53-50-34-18-19-36-55(50)62(47-29-12-4-13-30-47,48-31-14-5-15-32-48)56(53)40-60(54)63-59/h1-41H. The zero-order valence-corrected chi connectivity index (χ0v) is 35.5. The molecule has 9 aromatic carbocycles. The zero-order valence-electron chi connectivity index (χ0n) is 35.5. The molecular weight excluding hydrogens is 787 g/mol. The number of benzene rings is 9. The van der Waals surface area contributed by atoms with Gasteiger partial charge in [-0.1, -0.05) is 218 Å². The van der Waals surface area contributed by atoms with Gasteiger partial charge in [0.25, 0.3) is 0 Å². The normalized spacial score (nSPS) is 12.4. The van der Waals surface area contributed by atoms with Crippen LogP contribution < -0.4 is 0 Å². The van der Waals surface area contributed by atoms with Gasteiger partial charge in [-0.25, -0.2) is 15.0 Å². The number of fused-ring (bicyclic) bond motifs is 4. The van der Waals surface area contributed by atoms with Crippen LogP contribution in [0.5, 0.6) is 0 Å². The summed E-state index contributed by atoms with van der Waals surface area (Å²) >= 11 is 0. The molecule has 0 aliphatic heterocycles. The lowest BCUT2D eigenvalue weighted by Gasteiger charge is -2.34. The van der Waals surface area contributed by atoms with E-state index in [1.807, 2.05) is 12.1 Å². The van der Waals surface area contributed by atoms with Crippen molar-refractivity contribution in [3.8, 4) is 78.5 Å². The molecule has 65 heavy (non-hydrogen) atoms. The first-order valence-electron chi connectivity index (χ1n) is 22.2. The van der Waals surface area contributed by atoms with E-state index in [4.69, 9.17) is 15.0 Å². The van der Waals surface area contributed by atoms with Crippen LogP contribution in [-0.2, 0) is 5.41 Å². The summed E-state index contributed by atoms with van der Waals surface area (Å²) in [6.07, 6.45) is 0. The highest BCUT2D eigenvalue weighted by Crippen LogP contribution is 2.57. The average molecular weight is 828 g/mol. The van der Waals surface area contributed by atoms with E-state index in [0.717, 1.165) is 72.5 Å². The van der Waals surface area contributed by atoms with E-state index in [0.29, 0.717) is 5.82 Å². The Labute approximate surface area is 379 Å². The second-order valence-electron chi connectivity index (χ2n) is 16.7. The van der Waals surface area contributed by atoms with E-state index in [2.05, 4.69) is 237 Å². The van der Waals surface area contributed by atoms with Crippen LogP contribution in [0, 0.1) is 0 Å². The minimum absolute atomic E-state index is 0.556. The van der Waals surface area contributed by atoms with Gasteiger partial charge in [-0.15, -0.1) is 0 Å². The lowest BCUT2D eigenvalue weighted by molar-refractivity contribution is 0.769. The molecule has 0 amide bonds. The minimum Gasteiger partial charge on any atom is -0.248 e. The molecule has 2 aromatic heterocycles. The van der Waals surface area contributed by atoms with Crippen LogP contribution in [0.15, 0.2) is 249 Å². The molecule has 0 saturated carbocycles. The number of aromatic nitrogens is 3. The van der Waals surface area contributed by atoms with Crippen molar-refractivity contribution >= 4 is 10.9 Å². The molecule has 0 fully saturated rings. The van der Waals surface area contributed by atoms with Gasteiger partial charge in [-0.2, -0.15) is 0 Å². The first-order chi connectivity index (χ1) is 32.2. The van der Waals surface area contributed by atoms with E-state index in [1.54, 1.807) is 0 Å². The van der Waals surface area contributed by atoms with Crippen molar-refractivity contribution in [2.24, 2.45) is 0 Å². The zero-order chi connectivity index (χ0) is 43.2. The Hall–Kier alpha value is -8.53. The van der Waals surface area contributed by atoms with Gasteiger partial charge in [0, 0.05) is 27.6 Å². The smallest absolute Gasteiger partial charge is 0.160 e. The van der Waals surface area contributed by atoms with Crippen molar-refractivity contribution in [2.75, 3.05) is 0 Å². The predicted molar refractivity (Wildman–Crippen MR) is 267 cm³/mol. The van der Waals surface area contributed by atoms with Crippen LogP contribution in [0.4, 0.5) is 0 Å². The first-order valence-corrected chi connectivity index (χ1v) is 22.2. The molecule has 0 bridgehead atoms. The van der Waals surface area contributed by atoms with E-state index < -0.39 is 5.41 Å². The maximum absolute atomic E-state index is 5.66. The van der Waals surface area contributed by atoms with Crippen molar-refractivity contribution in [3.05, 3.63) is 271 Å². The molecule has 0 unspecified atom stereocenters. The maximum atomic E-state index is 5.66. The summed E-state index contributed by atoms with van der Waals surface area (Å²) in [7, 11) is 0. The number of pyridine rings is 1. The third kappa shape index (κ3) is 6.56. The Morgan fingerprint density at radius 1 is 0.262 bits per heavy atom. The lowest BCUT2D eigenvalue weighted by Crippen LogP contribution is -2.28. The quantitative estimate of drug-likeness (QED) is 0.153. The second-order valence-corrected chi connectivity index (χ2v) is 16.7. The average Bonchev–Trinajstić information content (AvgIpc) is 3.68. The Morgan fingerprint density at radius 2 is 0.754 bits per heavy atom. The van der Waals surface area contributed by atoms with Crippen molar-refractivity contribution in [3.63, 3.8) is 0 Å². The van der Waals surface area contributed by atoms with Crippen LogP contribution in [0.3, 0.4) is 0 Å². The van der Waals surface area contributed by atoms with Crippen molar-refractivity contribution in [2.45, 2.75) is 5.41 Å². The van der Waals surface area contributed by atoms with Crippen LogP contribution >= 0.6 is 0 Å². The molecule has 2 heterocycles. The summed E-state index contributed by atoms with van der Waals surface area (Å²) in [6.45, 7) is 0. The van der Waals surface area contributed by atoms with Crippen LogP contribution in [-0.4, -0.2) is 15.0 Å². The summed E-state index contributed by atoms with van der Waals surface area (Å²) in [6, 6.07) is 88.7.